The van der Waals surface area contributed by atoms with Crippen LogP contribution in [0.1, 0.15) is 16.1 Å². The standard InChI is InChI=1S/C7H8O5S/c1-13(10,11)4-5-2-3-12-6(5)7(8)9/h2-3H,4H2,1H3,(H,8,9). The number of sulfone groups is 1. The van der Waals surface area contributed by atoms with E-state index >= 15 is 0 Å². The molecule has 0 radical (unpaired) electrons. The van der Waals surface area contributed by atoms with Crippen LogP contribution in [0.5, 0.6) is 0 Å². The average molecular weight is 204 g/mol. The zero-order valence-electron chi connectivity index (χ0n) is 6.85. The number of hydrogen-bond donors (Lipinski definition) is 1. The van der Waals surface area contributed by atoms with Crippen LogP contribution in [0, 0.1) is 0 Å². The summed E-state index contributed by atoms with van der Waals surface area (Å²) in [5.74, 6) is -1.89. The van der Waals surface area contributed by atoms with Gasteiger partial charge < -0.3 is 9.52 Å². The van der Waals surface area contributed by atoms with Crippen LogP contribution in [0.15, 0.2) is 16.7 Å². The minimum atomic E-state index is -3.23. The van der Waals surface area contributed by atoms with Gasteiger partial charge in [-0.2, -0.15) is 0 Å². The fraction of sp³-hybridized carbons (Fsp3) is 0.286. The lowest BCUT2D eigenvalue weighted by Crippen LogP contribution is -2.05. The molecule has 72 valence electrons. The lowest BCUT2D eigenvalue weighted by atomic mass is 10.3. The predicted octanol–water partition coefficient (Wildman–Crippen LogP) is 0.522. The zero-order valence-corrected chi connectivity index (χ0v) is 7.67. The van der Waals surface area contributed by atoms with Gasteiger partial charge in [0.25, 0.3) is 0 Å². The molecule has 0 aromatic carbocycles. The Morgan fingerprint density at radius 2 is 2.23 bits per heavy atom. The van der Waals surface area contributed by atoms with Crippen molar-refractivity contribution >= 4 is 15.8 Å². The van der Waals surface area contributed by atoms with Gasteiger partial charge in [0.05, 0.1) is 12.0 Å². The van der Waals surface area contributed by atoms with Crippen molar-refractivity contribution < 1.29 is 22.7 Å². The highest BCUT2D eigenvalue weighted by molar-refractivity contribution is 7.89. The minimum absolute atomic E-state index is 0.176. The molecule has 0 aliphatic heterocycles. The molecule has 0 unspecified atom stereocenters. The number of carboxylic acid groups (broad SMARTS) is 1. The molecule has 6 heteroatoms. The molecule has 0 amide bonds. The van der Waals surface area contributed by atoms with Crippen LogP contribution in [0.25, 0.3) is 0 Å². The van der Waals surface area contributed by atoms with Crippen molar-refractivity contribution in [3.8, 4) is 0 Å². The van der Waals surface area contributed by atoms with E-state index in [1.165, 1.54) is 6.07 Å². The molecule has 5 nitrogen and oxygen atoms in total. The minimum Gasteiger partial charge on any atom is -0.475 e. The van der Waals surface area contributed by atoms with E-state index in [1.807, 2.05) is 0 Å². The second kappa shape index (κ2) is 3.21. The van der Waals surface area contributed by atoms with Crippen LogP contribution in [0.3, 0.4) is 0 Å². The van der Waals surface area contributed by atoms with Gasteiger partial charge >= 0.3 is 5.97 Å². The molecular weight excluding hydrogens is 196 g/mol. The summed E-state index contributed by atoms with van der Waals surface area (Å²) in [5, 5.41) is 8.56. The highest BCUT2D eigenvalue weighted by Crippen LogP contribution is 2.13. The summed E-state index contributed by atoms with van der Waals surface area (Å²) in [6.45, 7) is 0. The fourth-order valence-corrected chi connectivity index (χ4v) is 1.71. The van der Waals surface area contributed by atoms with Gasteiger partial charge in [-0.05, 0) is 6.07 Å². The molecule has 0 fully saturated rings. The number of carbonyl (C=O) groups is 1. The van der Waals surface area contributed by atoms with Crippen molar-refractivity contribution in [3.05, 3.63) is 23.7 Å². The molecule has 1 N–H and O–H groups in total. The first kappa shape index (κ1) is 9.79. The van der Waals surface area contributed by atoms with Crippen LogP contribution < -0.4 is 0 Å². The van der Waals surface area contributed by atoms with E-state index in [-0.39, 0.29) is 17.1 Å². The lowest BCUT2D eigenvalue weighted by Gasteiger charge is -1.95. The Hall–Kier alpha value is -1.30. The smallest absolute Gasteiger partial charge is 0.372 e. The molecule has 0 aliphatic rings. The van der Waals surface area contributed by atoms with E-state index in [1.54, 1.807) is 0 Å². The summed E-state index contributed by atoms with van der Waals surface area (Å²) in [6.07, 6.45) is 2.19. The van der Waals surface area contributed by atoms with E-state index in [9.17, 15) is 13.2 Å². The Bertz CT molecular complexity index is 414. The quantitative estimate of drug-likeness (QED) is 0.775. The number of rotatable bonds is 3. The molecule has 0 atom stereocenters. The van der Waals surface area contributed by atoms with Crippen LogP contribution in [-0.4, -0.2) is 25.7 Å². The molecule has 0 spiro atoms. The Kier molecular flexibility index (Phi) is 2.42. The van der Waals surface area contributed by atoms with Crippen molar-refractivity contribution in [1.82, 2.24) is 0 Å². The molecule has 1 heterocycles. The molecule has 13 heavy (non-hydrogen) atoms. The van der Waals surface area contributed by atoms with Gasteiger partial charge in [0.2, 0.25) is 5.76 Å². The molecular formula is C7H8O5S. The topological polar surface area (TPSA) is 84.6 Å². The van der Waals surface area contributed by atoms with Gasteiger partial charge in [0.1, 0.15) is 0 Å². The summed E-state index contributed by atoms with van der Waals surface area (Å²) < 4.78 is 26.3. The van der Waals surface area contributed by atoms with Crippen molar-refractivity contribution in [2.75, 3.05) is 6.26 Å². The third-order valence-electron chi connectivity index (χ3n) is 1.36. The van der Waals surface area contributed by atoms with Crippen LogP contribution in [-0.2, 0) is 15.6 Å². The van der Waals surface area contributed by atoms with Crippen molar-refractivity contribution in [2.24, 2.45) is 0 Å². The van der Waals surface area contributed by atoms with E-state index < -0.39 is 15.8 Å². The van der Waals surface area contributed by atoms with Gasteiger partial charge in [-0.1, -0.05) is 0 Å². The third-order valence-corrected chi connectivity index (χ3v) is 2.19. The predicted molar refractivity (Wildman–Crippen MR) is 44.2 cm³/mol. The van der Waals surface area contributed by atoms with E-state index in [0.717, 1.165) is 12.5 Å². The van der Waals surface area contributed by atoms with Crippen molar-refractivity contribution in [3.63, 3.8) is 0 Å². The second-order valence-corrected chi connectivity index (χ2v) is 4.79. The Morgan fingerprint density at radius 1 is 1.62 bits per heavy atom. The van der Waals surface area contributed by atoms with Gasteiger partial charge in [-0.25, -0.2) is 13.2 Å². The summed E-state index contributed by atoms with van der Waals surface area (Å²) in [4.78, 5) is 10.5. The Balaban J connectivity index is 3.02. The van der Waals surface area contributed by atoms with Crippen LogP contribution >= 0.6 is 0 Å². The number of furan rings is 1. The van der Waals surface area contributed by atoms with Gasteiger partial charge in [0, 0.05) is 11.8 Å². The maximum atomic E-state index is 10.8. The molecule has 0 aliphatic carbocycles. The first-order valence-electron chi connectivity index (χ1n) is 3.37. The van der Waals surface area contributed by atoms with Gasteiger partial charge in [-0.3, -0.25) is 0 Å². The summed E-state index contributed by atoms with van der Waals surface area (Å²) in [6, 6.07) is 1.34. The largest absolute Gasteiger partial charge is 0.475 e. The molecule has 0 saturated heterocycles. The molecule has 1 aromatic rings. The highest BCUT2D eigenvalue weighted by atomic mass is 32.2. The summed E-state index contributed by atoms with van der Waals surface area (Å²) >= 11 is 0. The van der Waals surface area contributed by atoms with Gasteiger partial charge in [0.15, 0.2) is 9.84 Å². The maximum absolute atomic E-state index is 10.8. The molecule has 1 aromatic heterocycles. The first-order valence-corrected chi connectivity index (χ1v) is 5.43. The van der Waals surface area contributed by atoms with Crippen LogP contribution in [0.2, 0.25) is 0 Å². The van der Waals surface area contributed by atoms with E-state index in [0.29, 0.717) is 0 Å². The van der Waals surface area contributed by atoms with E-state index in [2.05, 4.69) is 4.42 Å². The SMILES string of the molecule is CS(=O)(=O)Cc1ccoc1C(=O)O. The number of carboxylic acids is 1. The maximum Gasteiger partial charge on any atom is 0.372 e. The van der Waals surface area contributed by atoms with E-state index in [4.69, 9.17) is 5.11 Å². The fourth-order valence-electron chi connectivity index (χ4n) is 0.919. The zero-order chi connectivity index (χ0) is 10.1. The number of hydrogen-bond acceptors (Lipinski definition) is 4. The average Bonchev–Trinajstić information content (AvgIpc) is 2.31. The normalized spacial score (nSPS) is 11.5. The molecule has 0 saturated carbocycles. The molecule has 0 bridgehead atoms. The highest BCUT2D eigenvalue weighted by Gasteiger charge is 2.17. The van der Waals surface area contributed by atoms with Crippen molar-refractivity contribution in [2.45, 2.75) is 5.75 Å². The van der Waals surface area contributed by atoms with Gasteiger partial charge in [-0.15, -0.1) is 0 Å². The summed E-state index contributed by atoms with van der Waals surface area (Å²) in [7, 11) is -3.23. The van der Waals surface area contributed by atoms with Crippen molar-refractivity contribution in [1.29, 1.82) is 0 Å². The first-order chi connectivity index (χ1) is 5.90. The third kappa shape index (κ3) is 2.59. The number of aromatic carboxylic acids is 1. The van der Waals surface area contributed by atoms with Crippen LogP contribution in [0.4, 0.5) is 0 Å². The lowest BCUT2D eigenvalue weighted by molar-refractivity contribution is 0.0661. The molecule has 1 rings (SSSR count). The Morgan fingerprint density at radius 3 is 2.69 bits per heavy atom. The summed E-state index contributed by atoms with van der Waals surface area (Å²) in [5.41, 5.74) is 0.176. The Labute approximate surface area is 74.9 Å². The monoisotopic (exact) mass is 204 g/mol. The second-order valence-electron chi connectivity index (χ2n) is 2.65.